The number of thioether (sulfide) groups is 1. The zero-order valence-electron chi connectivity index (χ0n) is 19.5. The van der Waals surface area contributed by atoms with E-state index in [1.54, 1.807) is 43.4 Å². The number of halogens is 1. The number of anilines is 1. The molecule has 0 unspecified atom stereocenters. The van der Waals surface area contributed by atoms with Crippen molar-refractivity contribution in [2.75, 3.05) is 19.1 Å². The Hall–Kier alpha value is -3.94. The van der Waals surface area contributed by atoms with E-state index < -0.39 is 0 Å². The molecule has 36 heavy (non-hydrogen) atoms. The van der Waals surface area contributed by atoms with E-state index in [-0.39, 0.29) is 5.91 Å². The molecule has 6 nitrogen and oxygen atoms in total. The number of aliphatic imine (C=N–C) groups is 1. The first-order chi connectivity index (χ1) is 17.6. The van der Waals surface area contributed by atoms with Crippen molar-refractivity contribution >= 4 is 51.9 Å². The molecule has 1 aliphatic rings. The fourth-order valence-electron chi connectivity index (χ4n) is 3.72. The predicted octanol–water partition coefficient (Wildman–Crippen LogP) is 7.43. The van der Waals surface area contributed by atoms with Crippen molar-refractivity contribution in [2.24, 2.45) is 4.99 Å². The van der Waals surface area contributed by atoms with Gasteiger partial charge in [-0.1, -0.05) is 48.0 Å². The van der Waals surface area contributed by atoms with Gasteiger partial charge in [-0.15, -0.1) is 0 Å². The molecule has 0 saturated carbocycles. The van der Waals surface area contributed by atoms with Crippen LogP contribution in [-0.2, 0) is 4.79 Å². The van der Waals surface area contributed by atoms with Gasteiger partial charge in [0.15, 0.2) is 5.17 Å². The minimum Gasteiger partial charge on any atom is -0.496 e. The molecule has 1 aromatic heterocycles. The first-order valence-electron chi connectivity index (χ1n) is 11.0. The summed E-state index contributed by atoms with van der Waals surface area (Å²) in [6.45, 7) is 0. The second-order valence-corrected chi connectivity index (χ2v) is 9.12. The summed E-state index contributed by atoms with van der Waals surface area (Å²) in [5, 5.41) is 1.01. The molecule has 1 aliphatic heterocycles. The Bertz CT molecular complexity index is 1470. The van der Waals surface area contributed by atoms with Crippen LogP contribution in [0.4, 0.5) is 11.4 Å². The number of carbonyl (C=O) groups is 1. The highest BCUT2D eigenvalue weighted by atomic mass is 35.5. The van der Waals surface area contributed by atoms with Gasteiger partial charge < -0.3 is 13.9 Å². The van der Waals surface area contributed by atoms with Crippen molar-refractivity contribution in [1.29, 1.82) is 0 Å². The highest BCUT2D eigenvalue weighted by molar-refractivity contribution is 8.19. The average Bonchev–Trinajstić information content (AvgIpc) is 3.49. The first-order valence-corrected chi connectivity index (χ1v) is 12.2. The Kier molecular flexibility index (Phi) is 6.84. The molecule has 0 N–H and O–H groups in total. The Labute approximate surface area is 217 Å². The molecule has 4 aromatic rings. The lowest BCUT2D eigenvalue weighted by Crippen LogP contribution is -2.28. The van der Waals surface area contributed by atoms with Crippen molar-refractivity contribution in [3.8, 4) is 22.8 Å². The Morgan fingerprint density at radius 1 is 0.917 bits per heavy atom. The number of hydrogen-bond acceptors (Lipinski definition) is 6. The normalized spacial score (nSPS) is 15.6. The molecule has 0 radical (unpaired) electrons. The molecular formula is C28H21ClN2O4S. The largest absolute Gasteiger partial charge is 0.496 e. The van der Waals surface area contributed by atoms with E-state index in [0.717, 1.165) is 11.4 Å². The molecule has 0 spiro atoms. The summed E-state index contributed by atoms with van der Waals surface area (Å²) in [7, 11) is 3.11. The number of amidine groups is 1. The lowest BCUT2D eigenvalue weighted by atomic mass is 10.1. The fraction of sp³-hybridized carbons (Fsp3) is 0.0714. The smallest absolute Gasteiger partial charge is 0.271 e. The molecule has 5 rings (SSSR count). The van der Waals surface area contributed by atoms with Gasteiger partial charge in [-0.05, 0) is 54.2 Å². The van der Waals surface area contributed by atoms with Crippen LogP contribution in [0, 0.1) is 0 Å². The maximum atomic E-state index is 13.5. The quantitative estimate of drug-likeness (QED) is 0.249. The van der Waals surface area contributed by atoms with E-state index in [4.69, 9.17) is 30.5 Å². The third-order valence-electron chi connectivity index (χ3n) is 5.44. The Morgan fingerprint density at radius 3 is 2.31 bits per heavy atom. The zero-order chi connectivity index (χ0) is 25.1. The van der Waals surface area contributed by atoms with Crippen LogP contribution in [-0.4, -0.2) is 25.3 Å². The number of carbonyl (C=O) groups excluding carboxylic acids is 1. The van der Waals surface area contributed by atoms with Crippen molar-refractivity contribution < 1.29 is 18.7 Å². The van der Waals surface area contributed by atoms with Gasteiger partial charge in [-0.3, -0.25) is 9.69 Å². The summed E-state index contributed by atoms with van der Waals surface area (Å²) in [6, 6.07) is 26.1. The van der Waals surface area contributed by atoms with Gasteiger partial charge in [-0.2, -0.15) is 0 Å². The fourth-order valence-corrected chi connectivity index (χ4v) is 4.94. The summed E-state index contributed by atoms with van der Waals surface area (Å²) in [4.78, 5) is 20.3. The molecule has 2 heterocycles. The Balaban J connectivity index is 1.51. The molecule has 0 aliphatic carbocycles. The number of para-hydroxylation sites is 2. The lowest BCUT2D eigenvalue weighted by Gasteiger charge is -2.15. The van der Waals surface area contributed by atoms with E-state index in [0.29, 0.717) is 43.7 Å². The molecule has 0 atom stereocenters. The number of rotatable bonds is 6. The molecule has 1 saturated heterocycles. The van der Waals surface area contributed by atoms with Crippen LogP contribution in [0.25, 0.3) is 17.4 Å². The highest BCUT2D eigenvalue weighted by Gasteiger charge is 2.35. The second-order valence-electron chi connectivity index (χ2n) is 7.71. The summed E-state index contributed by atoms with van der Waals surface area (Å²) < 4.78 is 16.9. The zero-order valence-corrected chi connectivity index (χ0v) is 21.0. The average molecular weight is 517 g/mol. The number of benzene rings is 3. The number of amides is 1. The summed E-state index contributed by atoms with van der Waals surface area (Å²) in [5.74, 6) is 1.95. The van der Waals surface area contributed by atoms with Crippen LogP contribution in [0.5, 0.6) is 11.5 Å². The van der Waals surface area contributed by atoms with E-state index in [1.807, 2.05) is 66.7 Å². The number of furan rings is 1. The van der Waals surface area contributed by atoms with Crippen molar-refractivity contribution in [3.63, 3.8) is 0 Å². The van der Waals surface area contributed by atoms with Crippen LogP contribution >= 0.6 is 23.4 Å². The van der Waals surface area contributed by atoms with Crippen molar-refractivity contribution in [1.82, 2.24) is 0 Å². The highest BCUT2D eigenvalue weighted by Crippen LogP contribution is 2.41. The van der Waals surface area contributed by atoms with Gasteiger partial charge in [0.2, 0.25) is 0 Å². The van der Waals surface area contributed by atoms with Crippen molar-refractivity contribution in [3.05, 3.63) is 101 Å². The number of ether oxygens (including phenoxy) is 2. The van der Waals surface area contributed by atoms with E-state index in [2.05, 4.69) is 0 Å². The molecule has 0 bridgehead atoms. The van der Waals surface area contributed by atoms with Gasteiger partial charge >= 0.3 is 0 Å². The Morgan fingerprint density at radius 2 is 1.61 bits per heavy atom. The molecule has 1 fully saturated rings. The molecule has 1 amide bonds. The first kappa shape index (κ1) is 23.8. The SMILES string of the molecule is COc1cc(-c2ccc(C=C3SC(=Nc4ccccc4)N(c4ccccc4)C3=O)o2)c(OC)cc1Cl. The van der Waals surface area contributed by atoms with Gasteiger partial charge in [0.1, 0.15) is 23.0 Å². The van der Waals surface area contributed by atoms with Gasteiger partial charge in [0.05, 0.1) is 41.1 Å². The van der Waals surface area contributed by atoms with Crippen LogP contribution in [0.1, 0.15) is 5.76 Å². The van der Waals surface area contributed by atoms with Crippen molar-refractivity contribution in [2.45, 2.75) is 0 Å². The maximum Gasteiger partial charge on any atom is 0.271 e. The second kappa shape index (κ2) is 10.4. The minimum atomic E-state index is -0.176. The molecule has 180 valence electrons. The number of nitrogens with zero attached hydrogens (tertiary/aromatic N) is 2. The predicted molar refractivity (Wildman–Crippen MR) is 145 cm³/mol. The lowest BCUT2D eigenvalue weighted by molar-refractivity contribution is -0.113. The molecule has 8 heteroatoms. The van der Waals surface area contributed by atoms with Gasteiger partial charge in [-0.25, -0.2) is 4.99 Å². The third kappa shape index (κ3) is 4.76. The van der Waals surface area contributed by atoms with E-state index >= 15 is 0 Å². The summed E-state index contributed by atoms with van der Waals surface area (Å²) >= 11 is 7.53. The van der Waals surface area contributed by atoms with Gasteiger partial charge in [0, 0.05) is 12.1 Å². The van der Waals surface area contributed by atoms with Crippen LogP contribution < -0.4 is 14.4 Å². The van der Waals surface area contributed by atoms with E-state index in [1.165, 1.54) is 11.8 Å². The van der Waals surface area contributed by atoms with Crippen LogP contribution in [0.2, 0.25) is 5.02 Å². The van der Waals surface area contributed by atoms with Crippen LogP contribution in [0.15, 0.2) is 99.2 Å². The maximum absolute atomic E-state index is 13.5. The standard InChI is InChI=1S/C28H21ClN2O4S/c1-33-24-17-22(29)25(34-2)16-21(24)23-14-13-20(35-23)15-26-27(32)31(19-11-7-4-8-12-19)28(36-26)30-18-9-5-3-6-10-18/h3-17H,1-2H3. The third-order valence-corrected chi connectivity index (χ3v) is 6.71. The minimum absolute atomic E-state index is 0.176. The van der Waals surface area contributed by atoms with Crippen LogP contribution in [0.3, 0.4) is 0 Å². The van der Waals surface area contributed by atoms with E-state index in [9.17, 15) is 4.79 Å². The summed E-state index contributed by atoms with van der Waals surface area (Å²) in [6.07, 6.45) is 1.72. The topological polar surface area (TPSA) is 64.3 Å². The number of hydrogen-bond donors (Lipinski definition) is 0. The molecular weight excluding hydrogens is 496 g/mol. The van der Waals surface area contributed by atoms with Gasteiger partial charge in [0.25, 0.3) is 5.91 Å². The monoisotopic (exact) mass is 516 g/mol. The summed E-state index contributed by atoms with van der Waals surface area (Å²) in [5.41, 5.74) is 2.19. The molecule has 3 aromatic carbocycles. The number of methoxy groups -OCH3 is 2.